The summed E-state index contributed by atoms with van der Waals surface area (Å²) in [5, 5.41) is 0. The first-order chi connectivity index (χ1) is 16.5. The molecule has 0 saturated heterocycles. The second kappa shape index (κ2) is 8.92. The van der Waals surface area contributed by atoms with Crippen LogP contribution >= 0.6 is 0 Å². The van der Waals surface area contributed by atoms with Gasteiger partial charge in [-0.25, -0.2) is 9.97 Å². The molecule has 1 aliphatic rings. The lowest BCUT2D eigenvalue weighted by molar-refractivity contribution is 0.0767. The van der Waals surface area contributed by atoms with Crippen LogP contribution in [0.15, 0.2) is 73.1 Å². The number of anilines is 4. The van der Waals surface area contributed by atoms with Crippen LogP contribution in [0.1, 0.15) is 29.2 Å². The predicted octanol–water partition coefficient (Wildman–Crippen LogP) is 6.99. The Labute approximate surface area is 201 Å². The van der Waals surface area contributed by atoms with Gasteiger partial charge in [-0.2, -0.15) is 0 Å². The molecule has 2 heterocycles. The number of ether oxygens (including phenoxy) is 1. The molecule has 5 rings (SSSR count). The van der Waals surface area contributed by atoms with E-state index in [1.807, 2.05) is 6.92 Å². The van der Waals surface area contributed by atoms with E-state index in [1.54, 1.807) is 12.4 Å². The van der Waals surface area contributed by atoms with Crippen LogP contribution in [0.2, 0.25) is 0 Å². The maximum absolute atomic E-state index is 6.32. The van der Waals surface area contributed by atoms with E-state index in [1.165, 1.54) is 33.4 Å². The molecule has 0 amide bonds. The molecule has 0 aliphatic carbocycles. The molecule has 0 radical (unpaired) electrons. The topological polar surface area (TPSA) is 41.5 Å². The molecule has 4 aromatic rings. The summed E-state index contributed by atoms with van der Waals surface area (Å²) < 4.78 is 6.32. The second-order valence-electron chi connectivity index (χ2n) is 8.88. The second-order valence-corrected chi connectivity index (χ2v) is 8.88. The first-order valence-electron chi connectivity index (χ1n) is 11.7. The number of hydrogen-bond acceptors (Lipinski definition) is 5. The lowest BCUT2D eigenvalue weighted by Crippen LogP contribution is -2.41. The van der Waals surface area contributed by atoms with Crippen molar-refractivity contribution in [3.63, 3.8) is 0 Å². The first kappa shape index (κ1) is 22.1. The van der Waals surface area contributed by atoms with Crippen LogP contribution < -0.4 is 9.80 Å². The van der Waals surface area contributed by atoms with Gasteiger partial charge >= 0.3 is 0 Å². The van der Waals surface area contributed by atoms with Crippen LogP contribution in [0.4, 0.5) is 23.0 Å². The quantitative estimate of drug-likeness (QED) is 0.328. The molecular formula is C29H30N4O. The van der Waals surface area contributed by atoms with Crippen molar-refractivity contribution in [2.24, 2.45) is 0 Å². The molecule has 1 aliphatic heterocycles. The van der Waals surface area contributed by atoms with Gasteiger partial charge in [0.2, 0.25) is 6.35 Å². The molecule has 0 saturated carbocycles. The van der Waals surface area contributed by atoms with E-state index in [2.05, 4.69) is 98.2 Å². The van der Waals surface area contributed by atoms with Gasteiger partial charge in [-0.15, -0.1) is 0 Å². The van der Waals surface area contributed by atoms with Crippen molar-refractivity contribution in [3.8, 4) is 11.1 Å². The number of rotatable bonds is 5. The summed E-state index contributed by atoms with van der Waals surface area (Å²) in [7, 11) is 0. The van der Waals surface area contributed by atoms with Crippen molar-refractivity contribution < 1.29 is 4.74 Å². The number of fused-ring (bicyclic) bond motifs is 1. The highest BCUT2D eigenvalue weighted by Crippen LogP contribution is 2.46. The zero-order valence-corrected chi connectivity index (χ0v) is 20.4. The van der Waals surface area contributed by atoms with Crippen molar-refractivity contribution in [2.45, 2.75) is 41.0 Å². The molecule has 0 spiro atoms. The molecule has 172 valence electrons. The van der Waals surface area contributed by atoms with Gasteiger partial charge < -0.3 is 4.74 Å². The standard InChI is InChI=1S/C29H30N4O/c1-6-34-29-32(24-12-10-23(11-13-24)26-21(4)8-7-9-22(26)5)27-28(31-15-14-30-27)33(29)25-17-19(2)16-20(3)18-25/h7-18,29H,6H2,1-5H3. The van der Waals surface area contributed by atoms with Gasteiger partial charge in [0.1, 0.15) is 0 Å². The number of benzene rings is 3. The third-order valence-electron chi connectivity index (χ3n) is 6.27. The summed E-state index contributed by atoms with van der Waals surface area (Å²) in [4.78, 5) is 13.7. The van der Waals surface area contributed by atoms with E-state index in [0.29, 0.717) is 6.61 Å². The van der Waals surface area contributed by atoms with E-state index in [-0.39, 0.29) is 6.35 Å². The van der Waals surface area contributed by atoms with Crippen molar-refractivity contribution >= 4 is 23.0 Å². The van der Waals surface area contributed by atoms with Crippen molar-refractivity contribution in [3.05, 3.63) is 95.3 Å². The molecule has 0 N–H and O–H groups in total. The SMILES string of the molecule is CCOC1N(c2ccc(-c3c(C)cccc3C)cc2)c2nccnc2N1c1cc(C)cc(C)c1. The monoisotopic (exact) mass is 450 g/mol. The summed E-state index contributed by atoms with van der Waals surface area (Å²) in [6.45, 7) is 11.1. The molecule has 5 nitrogen and oxygen atoms in total. The van der Waals surface area contributed by atoms with Crippen LogP contribution in [-0.2, 0) is 4.74 Å². The van der Waals surface area contributed by atoms with Crippen LogP contribution in [-0.4, -0.2) is 22.9 Å². The minimum atomic E-state index is -0.380. The van der Waals surface area contributed by atoms with Crippen LogP contribution in [0.5, 0.6) is 0 Å². The molecule has 5 heteroatoms. The lowest BCUT2D eigenvalue weighted by atomic mass is 9.96. The summed E-state index contributed by atoms with van der Waals surface area (Å²) in [6.07, 6.45) is 3.10. The Balaban J connectivity index is 1.61. The largest absolute Gasteiger partial charge is 0.340 e. The number of hydrogen-bond donors (Lipinski definition) is 0. The normalized spacial score (nSPS) is 15.0. The van der Waals surface area contributed by atoms with Crippen molar-refractivity contribution in [2.75, 3.05) is 16.4 Å². The average Bonchev–Trinajstić information content (AvgIpc) is 3.13. The van der Waals surface area contributed by atoms with Crippen LogP contribution in [0.25, 0.3) is 11.1 Å². The van der Waals surface area contributed by atoms with Gasteiger partial charge in [0, 0.05) is 30.4 Å². The minimum absolute atomic E-state index is 0.380. The van der Waals surface area contributed by atoms with E-state index >= 15 is 0 Å². The lowest BCUT2D eigenvalue weighted by Gasteiger charge is -2.32. The van der Waals surface area contributed by atoms with E-state index in [4.69, 9.17) is 14.7 Å². The molecule has 34 heavy (non-hydrogen) atoms. The third-order valence-corrected chi connectivity index (χ3v) is 6.27. The smallest absolute Gasteiger partial charge is 0.221 e. The van der Waals surface area contributed by atoms with Crippen LogP contribution in [0, 0.1) is 27.7 Å². The van der Waals surface area contributed by atoms with Crippen molar-refractivity contribution in [1.29, 1.82) is 0 Å². The summed E-state index contributed by atoms with van der Waals surface area (Å²) in [6, 6.07) is 21.6. The van der Waals surface area contributed by atoms with Gasteiger partial charge in [0.15, 0.2) is 11.6 Å². The summed E-state index contributed by atoms with van der Waals surface area (Å²) in [5.74, 6) is 1.59. The molecule has 0 fully saturated rings. The van der Waals surface area contributed by atoms with E-state index in [9.17, 15) is 0 Å². The molecule has 3 aromatic carbocycles. The Morgan fingerprint density at radius 2 is 1.29 bits per heavy atom. The van der Waals surface area contributed by atoms with Gasteiger partial charge in [0.25, 0.3) is 0 Å². The van der Waals surface area contributed by atoms with E-state index < -0.39 is 0 Å². The Kier molecular flexibility index (Phi) is 5.80. The summed E-state index contributed by atoms with van der Waals surface area (Å²) >= 11 is 0. The highest BCUT2D eigenvalue weighted by atomic mass is 16.5. The Bertz CT molecular complexity index is 1290. The van der Waals surface area contributed by atoms with Gasteiger partial charge in [-0.3, -0.25) is 9.80 Å². The number of nitrogens with zero attached hydrogens (tertiary/aromatic N) is 4. The zero-order valence-electron chi connectivity index (χ0n) is 20.4. The highest BCUT2D eigenvalue weighted by Gasteiger charge is 2.41. The van der Waals surface area contributed by atoms with Gasteiger partial charge in [-0.05, 0) is 92.3 Å². The fraction of sp³-hybridized carbons (Fsp3) is 0.241. The zero-order chi connectivity index (χ0) is 23.8. The fourth-order valence-electron chi connectivity index (χ4n) is 4.93. The van der Waals surface area contributed by atoms with Crippen LogP contribution in [0.3, 0.4) is 0 Å². The predicted molar refractivity (Wildman–Crippen MR) is 139 cm³/mol. The number of aryl methyl sites for hydroxylation is 4. The fourth-order valence-corrected chi connectivity index (χ4v) is 4.93. The molecule has 0 bridgehead atoms. The molecule has 1 atom stereocenters. The maximum atomic E-state index is 6.32. The van der Waals surface area contributed by atoms with Crippen molar-refractivity contribution in [1.82, 2.24) is 9.97 Å². The maximum Gasteiger partial charge on any atom is 0.221 e. The molecule has 1 unspecified atom stereocenters. The average molecular weight is 451 g/mol. The van der Waals surface area contributed by atoms with Gasteiger partial charge in [-0.1, -0.05) is 36.4 Å². The molecule has 1 aromatic heterocycles. The molecular weight excluding hydrogens is 420 g/mol. The summed E-state index contributed by atoms with van der Waals surface area (Å²) in [5.41, 5.74) is 9.51. The Hall–Kier alpha value is -3.70. The Morgan fingerprint density at radius 3 is 1.85 bits per heavy atom. The number of aromatic nitrogens is 2. The first-order valence-corrected chi connectivity index (χ1v) is 11.7. The van der Waals surface area contributed by atoms with Gasteiger partial charge in [0.05, 0.1) is 0 Å². The Morgan fingerprint density at radius 1 is 0.735 bits per heavy atom. The third kappa shape index (κ3) is 3.82. The highest BCUT2D eigenvalue weighted by molar-refractivity contribution is 5.84. The minimum Gasteiger partial charge on any atom is -0.340 e. The van der Waals surface area contributed by atoms with E-state index in [0.717, 1.165) is 23.0 Å².